The van der Waals surface area contributed by atoms with Crippen molar-refractivity contribution in [1.29, 1.82) is 0 Å². The second kappa shape index (κ2) is 6.82. The monoisotopic (exact) mass is 434 g/mol. The molecule has 0 aliphatic carbocycles. The van der Waals surface area contributed by atoms with Crippen LogP contribution < -0.4 is 10.1 Å². The fraction of sp³-hybridized carbons (Fsp3) is 0.118. The lowest BCUT2D eigenvalue weighted by molar-refractivity contribution is 0.225. The van der Waals surface area contributed by atoms with Crippen LogP contribution in [0, 0.1) is 0 Å². The van der Waals surface area contributed by atoms with Crippen molar-refractivity contribution < 1.29 is 4.74 Å². The van der Waals surface area contributed by atoms with Crippen LogP contribution in [0.4, 0.5) is 5.69 Å². The van der Waals surface area contributed by atoms with Crippen LogP contribution in [0.15, 0.2) is 52.1 Å². The maximum Gasteiger partial charge on any atom is 0.247 e. The zero-order chi connectivity index (χ0) is 17.4. The van der Waals surface area contributed by atoms with Crippen LogP contribution in [0.1, 0.15) is 11.8 Å². The summed E-state index contributed by atoms with van der Waals surface area (Å²) in [7, 11) is 0. The van der Waals surface area contributed by atoms with E-state index in [4.69, 9.17) is 16.3 Å². The Balaban J connectivity index is 1.87. The van der Waals surface area contributed by atoms with Crippen LogP contribution >= 0.6 is 39.3 Å². The highest BCUT2D eigenvalue weighted by Gasteiger charge is 2.26. The summed E-state index contributed by atoms with van der Waals surface area (Å²) in [6.45, 7) is 0. The average Bonchev–Trinajstić information content (AvgIpc) is 2.78. The summed E-state index contributed by atoms with van der Waals surface area (Å²) in [5.74, 6) is 0.448. The van der Waals surface area contributed by atoms with Gasteiger partial charge < -0.3 is 10.1 Å². The SMILES string of the molecule is CSc1nnc2c(n1)O[C@H](c1ccc(Cl)cc1)Nc1ccc(Br)cc1-2. The molecule has 126 valence electrons. The van der Waals surface area contributed by atoms with Gasteiger partial charge in [-0.15, -0.1) is 10.2 Å². The van der Waals surface area contributed by atoms with Gasteiger partial charge in [-0.2, -0.15) is 4.98 Å². The van der Waals surface area contributed by atoms with E-state index in [1.54, 1.807) is 0 Å². The lowest BCUT2D eigenvalue weighted by Gasteiger charge is -2.19. The van der Waals surface area contributed by atoms with Gasteiger partial charge in [0.2, 0.25) is 11.0 Å². The Kier molecular flexibility index (Phi) is 4.54. The average molecular weight is 436 g/mol. The summed E-state index contributed by atoms with van der Waals surface area (Å²) in [5.41, 5.74) is 3.33. The minimum Gasteiger partial charge on any atom is -0.448 e. The van der Waals surface area contributed by atoms with Crippen molar-refractivity contribution in [2.24, 2.45) is 0 Å². The van der Waals surface area contributed by atoms with Crippen LogP contribution in [0.2, 0.25) is 5.02 Å². The minimum atomic E-state index is -0.412. The van der Waals surface area contributed by atoms with Gasteiger partial charge in [-0.05, 0) is 36.6 Å². The molecule has 0 saturated carbocycles. The summed E-state index contributed by atoms with van der Waals surface area (Å²) in [4.78, 5) is 4.50. The van der Waals surface area contributed by atoms with Gasteiger partial charge in [0, 0.05) is 26.3 Å². The van der Waals surface area contributed by atoms with E-state index < -0.39 is 6.23 Å². The normalized spacial score (nSPS) is 15.4. The number of hydrogen-bond donors (Lipinski definition) is 1. The second-order valence-electron chi connectivity index (χ2n) is 5.34. The molecule has 2 heterocycles. The molecule has 0 spiro atoms. The highest BCUT2D eigenvalue weighted by Crippen LogP contribution is 2.40. The molecule has 1 N–H and O–H groups in total. The third kappa shape index (κ3) is 3.31. The topological polar surface area (TPSA) is 59.9 Å². The van der Waals surface area contributed by atoms with E-state index in [-0.39, 0.29) is 0 Å². The van der Waals surface area contributed by atoms with Crippen LogP contribution in [0.25, 0.3) is 11.3 Å². The van der Waals surface area contributed by atoms with E-state index >= 15 is 0 Å². The summed E-state index contributed by atoms with van der Waals surface area (Å²) < 4.78 is 7.10. The van der Waals surface area contributed by atoms with Crippen molar-refractivity contribution in [1.82, 2.24) is 15.2 Å². The molecule has 3 aromatic rings. The number of hydrogen-bond acceptors (Lipinski definition) is 6. The largest absolute Gasteiger partial charge is 0.448 e. The highest BCUT2D eigenvalue weighted by atomic mass is 79.9. The van der Waals surface area contributed by atoms with Gasteiger partial charge in [-0.1, -0.05) is 51.4 Å². The summed E-state index contributed by atoms with van der Waals surface area (Å²) in [5, 5.41) is 13.1. The van der Waals surface area contributed by atoms with Crippen LogP contribution in [-0.2, 0) is 0 Å². The number of ether oxygens (including phenoxy) is 1. The number of nitrogens with zero attached hydrogens (tertiary/aromatic N) is 3. The van der Waals surface area contributed by atoms with Gasteiger partial charge in [0.15, 0.2) is 11.9 Å². The number of nitrogens with one attached hydrogen (secondary N) is 1. The Hall–Kier alpha value is -1.83. The van der Waals surface area contributed by atoms with Gasteiger partial charge in [-0.3, -0.25) is 0 Å². The fourth-order valence-electron chi connectivity index (χ4n) is 2.54. The second-order valence-corrected chi connectivity index (χ2v) is 7.46. The Bertz CT molecular complexity index is 938. The summed E-state index contributed by atoms with van der Waals surface area (Å²) in [6.07, 6.45) is 1.49. The lowest BCUT2D eigenvalue weighted by atomic mass is 10.1. The lowest BCUT2D eigenvalue weighted by Crippen LogP contribution is -2.17. The summed E-state index contributed by atoms with van der Waals surface area (Å²) >= 11 is 10.9. The molecule has 25 heavy (non-hydrogen) atoms. The molecule has 0 unspecified atom stereocenters. The first kappa shape index (κ1) is 16.6. The molecule has 0 amide bonds. The van der Waals surface area contributed by atoms with E-state index in [0.717, 1.165) is 21.3 Å². The standard InChI is InChI=1S/C17H12BrClN4OS/c1-25-17-21-16-14(22-23-17)12-8-10(18)4-7-13(12)20-15(24-16)9-2-5-11(19)6-3-9/h2-8,15,20H,1H3/t15-/m1/s1. The highest BCUT2D eigenvalue weighted by molar-refractivity contribution is 9.10. The van der Waals surface area contributed by atoms with Gasteiger partial charge in [0.25, 0.3) is 0 Å². The first-order chi connectivity index (χ1) is 12.1. The Morgan fingerprint density at radius 1 is 1.16 bits per heavy atom. The maximum absolute atomic E-state index is 6.15. The van der Waals surface area contributed by atoms with Crippen molar-refractivity contribution in [3.05, 3.63) is 57.5 Å². The molecule has 8 heteroatoms. The van der Waals surface area contributed by atoms with Crippen molar-refractivity contribution in [3.63, 3.8) is 0 Å². The maximum atomic E-state index is 6.15. The predicted molar refractivity (Wildman–Crippen MR) is 103 cm³/mol. The molecule has 1 aromatic heterocycles. The van der Waals surface area contributed by atoms with Gasteiger partial charge in [0.1, 0.15) is 0 Å². The number of aromatic nitrogens is 3. The van der Waals surface area contributed by atoms with E-state index in [2.05, 4.69) is 36.4 Å². The van der Waals surface area contributed by atoms with Crippen molar-refractivity contribution in [3.8, 4) is 17.1 Å². The Labute approximate surface area is 162 Å². The molecule has 4 rings (SSSR count). The van der Waals surface area contributed by atoms with E-state index in [1.807, 2.05) is 48.7 Å². The molecule has 0 bridgehead atoms. The Morgan fingerprint density at radius 3 is 2.72 bits per heavy atom. The molecular formula is C17H12BrClN4OS. The van der Waals surface area contributed by atoms with E-state index in [9.17, 15) is 0 Å². The minimum absolute atomic E-state index is 0.412. The molecule has 5 nitrogen and oxygen atoms in total. The number of rotatable bonds is 2. The smallest absolute Gasteiger partial charge is 0.247 e. The molecule has 0 radical (unpaired) electrons. The Morgan fingerprint density at radius 2 is 1.96 bits per heavy atom. The van der Waals surface area contributed by atoms with Crippen LogP contribution in [-0.4, -0.2) is 21.4 Å². The molecule has 0 saturated heterocycles. The zero-order valence-corrected chi connectivity index (χ0v) is 16.2. The first-order valence-corrected chi connectivity index (χ1v) is 9.81. The molecule has 2 aromatic carbocycles. The molecule has 1 aliphatic heterocycles. The third-order valence-corrected chi connectivity index (χ3v) is 5.03. The fourth-order valence-corrected chi connectivity index (χ4v) is 3.33. The zero-order valence-electron chi connectivity index (χ0n) is 13.0. The number of halogens is 2. The number of fused-ring (bicyclic) bond motifs is 3. The molecule has 1 atom stereocenters. The number of benzene rings is 2. The van der Waals surface area contributed by atoms with E-state index in [1.165, 1.54) is 11.8 Å². The summed E-state index contributed by atoms with van der Waals surface area (Å²) in [6, 6.07) is 13.4. The molecular weight excluding hydrogens is 424 g/mol. The number of anilines is 1. The van der Waals surface area contributed by atoms with Gasteiger partial charge in [0.05, 0.1) is 0 Å². The third-order valence-electron chi connectivity index (χ3n) is 3.74. The van der Waals surface area contributed by atoms with Crippen LogP contribution in [0.3, 0.4) is 0 Å². The van der Waals surface area contributed by atoms with Crippen molar-refractivity contribution >= 4 is 45.0 Å². The van der Waals surface area contributed by atoms with Gasteiger partial charge in [-0.25, -0.2) is 0 Å². The van der Waals surface area contributed by atoms with Gasteiger partial charge >= 0.3 is 0 Å². The van der Waals surface area contributed by atoms with E-state index in [0.29, 0.717) is 21.8 Å². The quantitative estimate of drug-likeness (QED) is 0.560. The molecule has 0 fully saturated rings. The molecule has 1 aliphatic rings. The predicted octanol–water partition coefficient (Wildman–Crippen LogP) is 5.18. The number of thioether (sulfide) groups is 1. The van der Waals surface area contributed by atoms with Crippen LogP contribution in [0.5, 0.6) is 5.88 Å². The van der Waals surface area contributed by atoms with Crippen molar-refractivity contribution in [2.75, 3.05) is 11.6 Å². The van der Waals surface area contributed by atoms with Crippen molar-refractivity contribution in [2.45, 2.75) is 11.4 Å². The first-order valence-electron chi connectivity index (χ1n) is 7.41.